The van der Waals surface area contributed by atoms with E-state index in [4.69, 9.17) is 14.2 Å². The van der Waals surface area contributed by atoms with Crippen LogP contribution in [0.3, 0.4) is 0 Å². The van der Waals surface area contributed by atoms with Gasteiger partial charge in [0.15, 0.2) is 0 Å². The Balaban J connectivity index is 4.97. The summed E-state index contributed by atoms with van der Waals surface area (Å²) in [6.45, 7) is 11.4. The predicted octanol–water partition coefficient (Wildman–Crippen LogP) is 7.17. The van der Waals surface area contributed by atoms with E-state index in [1.807, 2.05) is 0 Å². The van der Waals surface area contributed by atoms with E-state index in [9.17, 15) is 15.3 Å². The van der Waals surface area contributed by atoms with Gasteiger partial charge >= 0.3 is 0 Å². The van der Waals surface area contributed by atoms with Gasteiger partial charge in [-0.3, -0.25) is 0 Å². The van der Waals surface area contributed by atoms with Crippen molar-refractivity contribution in [3.8, 4) is 0 Å². The van der Waals surface area contributed by atoms with Gasteiger partial charge in [-0.15, -0.1) is 0 Å². The van der Waals surface area contributed by atoms with E-state index in [-0.39, 0.29) is 32.3 Å². The normalized spacial score (nSPS) is 12.5. The van der Waals surface area contributed by atoms with Crippen LogP contribution in [0.2, 0.25) is 0 Å². The van der Waals surface area contributed by atoms with Crippen LogP contribution in [-0.2, 0) is 14.2 Å². The lowest BCUT2D eigenvalue weighted by molar-refractivity contribution is -0.0789. The first-order valence-electron chi connectivity index (χ1n) is 16.6. The number of hydrogen-bond acceptors (Lipinski definition) is 6. The summed E-state index contributed by atoms with van der Waals surface area (Å²) in [7, 11) is 0. The molecule has 0 heterocycles. The largest absolute Gasteiger partial charge is 0.396 e. The van der Waals surface area contributed by atoms with Gasteiger partial charge in [-0.2, -0.15) is 0 Å². The molecule has 0 saturated heterocycles. The fourth-order valence-electron chi connectivity index (χ4n) is 5.03. The van der Waals surface area contributed by atoms with Crippen LogP contribution in [0.25, 0.3) is 0 Å². The van der Waals surface area contributed by atoms with E-state index in [0.29, 0.717) is 31.7 Å². The zero-order valence-corrected chi connectivity index (χ0v) is 26.5. The van der Waals surface area contributed by atoms with E-state index >= 15 is 0 Å². The van der Waals surface area contributed by atoms with Crippen LogP contribution < -0.4 is 0 Å². The second kappa shape index (κ2) is 27.9. The lowest BCUT2D eigenvalue weighted by Crippen LogP contribution is -2.39. The average Bonchev–Trinajstić information content (AvgIpc) is 2.95. The van der Waals surface area contributed by atoms with E-state index in [1.54, 1.807) is 0 Å². The second-order valence-corrected chi connectivity index (χ2v) is 12.1. The van der Waals surface area contributed by atoms with Crippen molar-refractivity contribution < 1.29 is 29.5 Å². The molecule has 0 aromatic heterocycles. The molecule has 0 aliphatic rings. The number of aliphatic hydroxyl groups excluding tert-OH is 3. The van der Waals surface area contributed by atoms with Gasteiger partial charge in [0, 0.05) is 19.1 Å². The van der Waals surface area contributed by atoms with E-state index in [2.05, 4.69) is 27.7 Å². The highest BCUT2D eigenvalue weighted by atomic mass is 16.5. The Hall–Kier alpha value is -0.240. The maximum Gasteiger partial charge on any atom is 0.0629 e. The molecule has 0 radical (unpaired) electrons. The Labute approximate surface area is 242 Å². The second-order valence-electron chi connectivity index (χ2n) is 12.1. The molecule has 0 aromatic rings. The number of aliphatic hydroxyl groups is 3. The standard InChI is InChI=1S/C33H68O6/c1-5-9-13-17-30(18-14-10-6-2)21-37-23-32(25-39-29-33(26-34,27-35)28-36)24-38-22-31(19-15-11-7-3)20-16-12-8-4/h30-32,34-36H,5-29H2,1-4H3. The number of unbranched alkanes of at least 4 members (excludes halogenated alkanes) is 8. The molecule has 3 N–H and O–H groups in total. The molecule has 6 nitrogen and oxygen atoms in total. The first-order chi connectivity index (χ1) is 19.0. The molecule has 0 aliphatic heterocycles. The van der Waals surface area contributed by atoms with Crippen molar-refractivity contribution in [1.82, 2.24) is 0 Å². The van der Waals surface area contributed by atoms with Crippen LogP contribution >= 0.6 is 0 Å². The van der Waals surface area contributed by atoms with Crippen LogP contribution in [0.1, 0.15) is 130 Å². The summed E-state index contributed by atoms with van der Waals surface area (Å²) in [6.07, 6.45) is 20.2. The van der Waals surface area contributed by atoms with Gasteiger partial charge in [-0.1, -0.05) is 105 Å². The smallest absolute Gasteiger partial charge is 0.0629 e. The van der Waals surface area contributed by atoms with Gasteiger partial charge in [0.05, 0.1) is 51.7 Å². The first kappa shape index (κ1) is 38.8. The highest BCUT2D eigenvalue weighted by Crippen LogP contribution is 2.21. The van der Waals surface area contributed by atoms with Crippen LogP contribution in [0.5, 0.6) is 0 Å². The van der Waals surface area contributed by atoms with Crippen molar-refractivity contribution in [3.63, 3.8) is 0 Å². The highest BCUT2D eigenvalue weighted by molar-refractivity contribution is 4.76. The molecule has 0 amide bonds. The van der Waals surface area contributed by atoms with Crippen molar-refractivity contribution in [1.29, 1.82) is 0 Å². The van der Waals surface area contributed by atoms with Gasteiger partial charge < -0.3 is 29.5 Å². The predicted molar refractivity (Wildman–Crippen MR) is 163 cm³/mol. The quantitative estimate of drug-likeness (QED) is 0.0779. The van der Waals surface area contributed by atoms with Crippen molar-refractivity contribution in [2.24, 2.45) is 23.2 Å². The Morgan fingerprint density at radius 2 is 0.744 bits per heavy atom. The van der Waals surface area contributed by atoms with Gasteiger partial charge in [0.1, 0.15) is 0 Å². The fraction of sp³-hybridized carbons (Fsp3) is 1.00. The molecule has 0 spiro atoms. The fourth-order valence-corrected chi connectivity index (χ4v) is 5.03. The summed E-state index contributed by atoms with van der Waals surface area (Å²) in [5.41, 5.74) is -1.01. The molecule has 0 rings (SSSR count). The third-order valence-electron chi connectivity index (χ3n) is 8.05. The molecule has 0 aliphatic carbocycles. The van der Waals surface area contributed by atoms with Crippen molar-refractivity contribution >= 4 is 0 Å². The minimum absolute atomic E-state index is 0.0812. The molecule has 0 bridgehead atoms. The minimum Gasteiger partial charge on any atom is -0.396 e. The molecule has 0 saturated carbocycles. The molecule has 6 heteroatoms. The van der Waals surface area contributed by atoms with Gasteiger partial charge in [-0.05, 0) is 37.5 Å². The molecule has 0 atom stereocenters. The summed E-state index contributed by atoms with van der Waals surface area (Å²) < 4.78 is 18.5. The molecule has 39 heavy (non-hydrogen) atoms. The van der Waals surface area contributed by atoms with Crippen LogP contribution in [0, 0.1) is 23.2 Å². The average molecular weight is 561 g/mol. The number of rotatable bonds is 31. The van der Waals surface area contributed by atoms with E-state index in [1.165, 1.54) is 103 Å². The van der Waals surface area contributed by atoms with E-state index in [0.717, 1.165) is 13.2 Å². The van der Waals surface area contributed by atoms with E-state index < -0.39 is 5.41 Å². The lowest BCUT2D eigenvalue weighted by atomic mass is 9.92. The Morgan fingerprint density at radius 3 is 1.05 bits per heavy atom. The molecule has 236 valence electrons. The molecule has 0 aromatic carbocycles. The zero-order chi connectivity index (χ0) is 29.0. The third kappa shape index (κ3) is 21.2. The SMILES string of the molecule is CCCCCC(CCCCC)COCC(COCC(CCCCC)CCCCC)COCC(CO)(CO)CO. The van der Waals surface area contributed by atoms with Crippen molar-refractivity contribution in [2.45, 2.75) is 130 Å². The third-order valence-corrected chi connectivity index (χ3v) is 8.05. The summed E-state index contributed by atoms with van der Waals surface area (Å²) in [4.78, 5) is 0. The molecule has 0 unspecified atom stereocenters. The number of hydrogen-bond donors (Lipinski definition) is 3. The molecular weight excluding hydrogens is 492 g/mol. The summed E-state index contributed by atoms with van der Waals surface area (Å²) in [5, 5.41) is 29.0. The first-order valence-corrected chi connectivity index (χ1v) is 16.6. The zero-order valence-electron chi connectivity index (χ0n) is 26.5. The molecular formula is C33H68O6. The van der Waals surface area contributed by atoms with Gasteiger partial charge in [-0.25, -0.2) is 0 Å². The monoisotopic (exact) mass is 561 g/mol. The summed E-state index contributed by atoms with van der Waals surface area (Å²) in [6, 6.07) is 0. The van der Waals surface area contributed by atoms with Crippen LogP contribution in [-0.4, -0.2) is 74.8 Å². The Morgan fingerprint density at radius 1 is 0.436 bits per heavy atom. The van der Waals surface area contributed by atoms with Gasteiger partial charge in [0.2, 0.25) is 0 Å². The van der Waals surface area contributed by atoms with Crippen molar-refractivity contribution in [2.75, 3.05) is 59.5 Å². The Kier molecular flexibility index (Phi) is 27.7. The maximum atomic E-state index is 9.65. The highest BCUT2D eigenvalue weighted by Gasteiger charge is 2.29. The summed E-state index contributed by atoms with van der Waals surface area (Å²) >= 11 is 0. The Bertz CT molecular complexity index is 427. The summed E-state index contributed by atoms with van der Waals surface area (Å²) in [5.74, 6) is 1.30. The van der Waals surface area contributed by atoms with Crippen LogP contribution in [0.4, 0.5) is 0 Å². The topological polar surface area (TPSA) is 88.4 Å². The lowest BCUT2D eigenvalue weighted by Gasteiger charge is -2.28. The van der Waals surface area contributed by atoms with Crippen LogP contribution in [0.15, 0.2) is 0 Å². The van der Waals surface area contributed by atoms with Crippen molar-refractivity contribution in [3.05, 3.63) is 0 Å². The number of ether oxygens (including phenoxy) is 3. The maximum absolute atomic E-state index is 9.65. The van der Waals surface area contributed by atoms with Gasteiger partial charge in [0.25, 0.3) is 0 Å². The molecule has 0 fully saturated rings. The minimum atomic E-state index is -1.01.